The van der Waals surface area contributed by atoms with Gasteiger partial charge in [0.15, 0.2) is 0 Å². The Kier molecular flexibility index (Phi) is 5.11. The van der Waals surface area contributed by atoms with Crippen LogP contribution in [0, 0.1) is 6.92 Å². The molecule has 1 aromatic carbocycles. The predicted octanol–water partition coefficient (Wildman–Crippen LogP) is 2.22. The smallest absolute Gasteiger partial charge is 0.236 e. The molecule has 20 heavy (non-hydrogen) atoms. The van der Waals surface area contributed by atoms with Crippen LogP contribution in [0.15, 0.2) is 24.3 Å². The molecule has 0 spiro atoms. The number of hydrogen-bond acceptors (Lipinski definition) is 3. The maximum Gasteiger partial charge on any atom is 0.236 e. The molecule has 0 aromatic heterocycles. The summed E-state index contributed by atoms with van der Waals surface area (Å²) in [7, 11) is 0. The van der Waals surface area contributed by atoms with Crippen LogP contribution in [-0.4, -0.2) is 30.5 Å². The molecule has 0 unspecified atom stereocenters. The molecule has 110 valence electrons. The van der Waals surface area contributed by atoms with Gasteiger partial charge >= 0.3 is 0 Å². The van der Waals surface area contributed by atoms with Crippen LogP contribution in [0.4, 0.5) is 0 Å². The van der Waals surface area contributed by atoms with E-state index in [-0.39, 0.29) is 17.4 Å². The molecule has 1 fully saturated rings. The maximum absolute atomic E-state index is 12.0. The first-order valence-corrected chi connectivity index (χ1v) is 8.57. The molecule has 1 atom stereocenters. The highest BCUT2D eigenvalue weighted by atomic mass is 32.2. The summed E-state index contributed by atoms with van der Waals surface area (Å²) >= 11 is 1.72. The highest BCUT2D eigenvalue weighted by Crippen LogP contribution is 2.48. The molecule has 1 aliphatic rings. The Bertz CT molecular complexity index is 471. The van der Waals surface area contributed by atoms with E-state index in [1.165, 1.54) is 11.1 Å². The van der Waals surface area contributed by atoms with E-state index in [1.54, 1.807) is 11.8 Å². The van der Waals surface area contributed by atoms with Crippen molar-refractivity contribution < 1.29 is 4.79 Å². The Morgan fingerprint density at radius 1 is 1.45 bits per heavy atom. The highest BCUT2D eigenvalue weighted by molar-refractivity contribution is 7.98. The molecule has 3 nitrogen and oxygen atoms in total. The number of hydrogen-bond donors (Lipinski definition) is 2. The zero-order valence-electron chi connectivity index (χ0n) is 12.3. The van der Waals surface area contributed by atoms with Gasteiger partial charge in [0.1, 0.15) is 0 Å². The zero-order chi connectivity index (χ0) is 14.6. The normalized spacial score (nSPS) is 17.6. The van der Waals surface area contributed by atoms with Crippen LogP contribution in [0.2, 0.25) is 0 Å². The molecule has 0 radical (unpaired) electrons. The summed E-state index contributed by atoms with van der Waals surface area (Å²) in [4.78, 5) is 12.0. The van der Waals surface area contributed by atoms with Gasteiger partial charge in [-0.05, 0) is 49.3 Å². The van der Waals surface area contributed by atoms with Crippen LogP contribution in [0.3, 0.4) is 0 Å². The zero-order valence-corrected chi connectivity index (χ0v) is 13.1. The van der Waals surface area contributed by atoms with Crippen molar-refractivity contribution in [1.82, 2.24) is 5.32 Å². The number of aryl methyl sites for hydroxylation is 1. The minimum absolute atomic E-state index is 0.0149. The van der Waals surface area contributed by atoms with E-state index in [2.05, 4.69) is 36.5 Å². The lowest BCUT2D eigenvalue weighted by molar-refractivity contribution is -0.122. The SMILES string of the molecule is CSCC[C@H](N)C(=O)NCC1(c2ccccc2C)CC1. The number of rotatable bonds is 7. The van der Waals surface area contributed by atoms with Crippen molar-refractivity contribution in [3.05, 3.63) is 35.4 Å². The lowest BCUT2D eigenvalue weighted by Crippen LogP contribution is -2.43. The van der Waals surface area contributed by atoms with Gasteiger partial charge < -0.3 is 11.1 Å². The average molecular weight is 292 g/mol. The average Bonchev–Trinajstić information content (AvgIpc) is 3.23. The van der Waals surface area contributed by atoms with Crippen LogP contribution in [0.1, 0.15) is 30.4 Å². The van der Waals surface area contributed by atoms with Crippen molar-refractivity contribution in [2.45, 2.75) is 37.6 Å². The number of thioether (sulfide) groups is 1. The monoisotopic (exact) mass is 292 g/mol. The van der Waals surface area contributed by atoms with E-state index in [0.29, 0.717) is 6.54 Å². The highest BCUT2D eigenvalue weighted by Gasteiger charge is 2.45. The minimum Gasteiger partial charge on any atom is -0.354 e. The number of carbonyl (C=O) groups excluding carboxylic acids is 1. The maximum atomic E-state index is 12.0. The number of nitrogens with two attached hydrogens (primary N) is 1. The van der Waals surface area contributed by atoms with Crippen LogP contribution in [-0.2, 0) is 10.2 Å². The molecule has 0 bridgehead atoms. The van der Waals surface area contributed by atoms with Gasteiger partial charge in [0, 0.05) is 12.0 Å². The predicted molar refractivity (Wildman–Crippen MR) is 86.1 cm³/mol. The van der Waals surface area contributed by atoms with Gasteiger partial charge in [-0.3, -0.25) is 4.79 Å². The molecule has 1 aliphatic carbocycles. The molecule has 1 amide bonds. The second kappa shape index (κ2) is 6.64. The Morgan fingerprint density at radius 2 is 2.15 bits per heavy atom. The number of amides is 1. The molecule has 4 heteroatoms. The van der Waals surface area contributed by atoms with E-state index in [1.807, 2.05) is 6.26 Å². The van der Waals surface area contributed by atoms with Crippen molar-refractivity contribution in [2.75, 3.05) is 18.6 Å². The fourth-order valence-corrected chi connectivity index (χ4v) is 3.11. The first kappa shape index (κ1) is 15.4. The van der Waals surface area contributed by atoms with E-state index >= 15 is 0 Å². The van der Waals surface area contributed by atoms with Crippen LogP contribution >= 0.6 is 11.8 Å². The van der Waals surface area contributed by atoms with Gasteiger partial charge in [0.2, 0.25) is 5.91 Å². The molecule has 0 aliphatic heterocycles. The Balaban J connectivity index is 1.91. The first-order chi connectivity index (χ1) is 9.59. The third-order valence-electron chi connectivity index (χ3n) is 4.14. The molecule has 1 aromatic rings. The standard InChI is InChI=1S/C16H24N2OS/c1-12-5-3-4-6-13(12)16(8-9-16)11-18-15(19)14(17)7-10-20-2/h3-6,14H,7-11,17H2,1-2H3,(H,18,19)/t14-/m0/s1. The number of benzene rings is 1. The quantitative estimate of drug-likeness (QED) is 0.810. The van der Waals surface area contributed by atoms with Gasteiger partial charge in [-0.25, -0.2) is 0 Å². The van der Waals surface area contributed by atoms with Gasteiger partial charge in [0.25, 0.3) is 0 Å². The molecule has 3 N–H and O–H groups in total. The molecular weight excluding hydrogens is 268 g/mol. The first-order valence-electron chi connectivity index (χ1n) is 7.17. The second-order valence-electron chi connectivity index (χ2n) is 5.70. The third-order valence-corrected chi connectivity index (χ3v) is 4.78. The Hall–Kier alpha value is -1.00. The summed E-state index contributed by atoms with van der Waals surface area (Å²) in [6.45, 7) is 2.85. The Morgan fingerprint density at radius 3 is 2.75 bits per heavy atom. The lowest BCUT2D eigenvalue weighted by Gasteiger charge is -2.20. The van der Waals surface area contributed by atoms with Crippen LogP contribution in [0.5, 0.6) is 0 Å². The van der Waals surface area contributed by atoms with Gasteiger partial charge in [-0.15, -0.1) is 0 Å². The molecule has 0 heterocycles. The van der Waals surface area contributed by atoms with Gasteiger partial charge in [-0.1, -0.05) is 24.3 Å². The fourth-order valence-electron chi connectivity index (χ4n) is 2.62. The molecule has 0 saturated heterocycles. The van der Waals surface area contributed by atoms with Crippen LogP contribution in [0.25, 0.3) is 0 Å². The van der Waals surface area contributed by atoms with Crippen molar-refractivity contribution in [3.63, 3.8) is 0 Å². The van der Waals surface area contributed by atoms with Crippen molar-refractivity contribution in [3.8, 4) is 0 Å². The number of nitrogens with one attached hydrogen (secondary N) is 1. The molecular formula is C16H24N2OS. The summed E-state index contributed by atoms with van der Waals surface area (Å²) in [6.07, 6.45) is 5.07. The summed E-state index contributed by atoms with van der Waals surface area (Å²) in [6, 6.07) is 8.08. The largest absolute Gasteiger partial charge is 0.354 e. The topological polar surface area (TPSA) is 55.1 Å². The Labute approximate surface area is 125 Å². The lowest BCUT2D eigenvalue weighted by atomic mass is 9.92. The molecule has 2 rings (SSSR count). The van der Waals surface area contributed by atoms with E-state index in [0.717, 1.165) is 25.0 Å². The summed E-state index contributed by atoms with van der Waals surface area (Å²) in [5.41, 5.74) is 8.73. The minimum atomic E-state index is -0.380. The van der Waals surface area contributed by atoms with Crippen molar-refractivity contribution >= 4 is 17.7 Å². The van der Waals surface area contributed by atoms with Crippen LogP contribution < -0.4 is 11.1 Å². The summed E-state index contributed by atoms with van der Waals surface area (Å²) in [5, 5.41) is 3.05. The van der Waals surface area contributed by atoms with Gasteiger partial charge in [-0.2, -0.15) is 11.8 Å². The van der Waals surface area contributed by atoms with E-state index < -0.39 is 0 Å². The summed E-state index contributed by atoms with van der Waals surface area (Å²) < 4.78 is 0. The summed E-state index contributed by atoms with van der Waals surface area (Å²) in [5.74, 6) is 0.913. The van der Waals surface area contributed by atoms with Gasteiger partial charge in [0.05, 0.1) is 6.04 Å². The van der Waals surface area contributed by atoms with E-state index in [9.17, 15) is 4.79 Å². The number of carbonyl (C=O) groups is 1. The third kappa shape index (κ3) is 3.55. The van der Waals surface area contributed by atoms with E-state index in [4.69, 9.17) is 5.73 Å². The van der Waals surface area contributed by atoms with Crippen molar-refractivity contribution in [1.29, 1.82) is 0 Å². The van der Waals surface area contributed by atoms with Crippen molar-refractivity contribution in [2.24, 2.45) is 5.73 Å². The second-order valence-corrected chi connectivity index (χ2v) is 6.69. The molecule has 1 saturated carbocycles. The fraction of sp³-hybridized carbons (Fsp3) is 0.562.